The molecule has 0 radical (unpaired) electrons. The SMILES string of the molecule is CCOC(=O)/C(CCCN(C)C)=N\Nc1ccc(C[C@H]2COC(=O)N2)cc1. The molecule has 1 saturated heterocycles. The van der Waals surface area contributed by atoms with Gasteiger partial charge in [0.15, 0.2) is 0 Å². The molecule has 0 bridgehead atoms. The molecule has 1 aromatic rings. The van der Waals surface area contributed by atoms with Gasteiger partial charge in [-0.15, -0.1) is 0 Å². The van der Waals surface area contributed by atoms with Crippen molar-refractivity contribution in [3.63, 3.8) is 0 Å². The summed E-state index contributed by atoms with van der Waals surface area (Å²) in [6.45, 7) is 3.36. The van der Waals surface area contributed by atoms with Crippen LogP contribution in [0.1, 0.15) is 25.3 Å². The van der Waals surface area contributed by atoms with E-state index in [0.29, 0.717) is 31.8 Å². The minimum absolute atomic E-state index is 0.00134. The van der Waals surface area contributed by atoms with Gasteiger partial charge < -0.3 is 19.7 Å². The van der Waals surface area contributed by atoms with Crippen LogP contribution in [0.25, 0.3) is 0 Å². The Bertz CT molecular complexity index is 658. The zero-order chi connectivity index (χ0) is 19.6. The molecule has 8 nitrogen and oxygen atoms in total. The third kappa shape index (κ3) is 7.26. The van der Waals surface area contributed by atoms with E-state index in [2.05, 4.69) is 20.7 Å². The highest BCUT2D eigenvalue weighted by molar-refractivity contribution is 6.36. The Morgan fingerprint density at radius 2 is 2.11 bits per heavy atom. The van der Waals surface area contributed by atoms with Crippen LogP contribution in [-0.2, 0) is 20.7 Å². The third-order valence-electron chi connectivity index (χ3n) is 4.02. The molecule has 1 aromatic carbocycles. The van der Waals surface area contributed by atoms with Gasteiger partial charge in [-0.25, -0.2) is 9.59 Å². The number of nitrogens with zero attached hydrogens (tertiary/aromatic N) is 2. The molecule has 2 N–H and O–H groups in total. The molecule has 2 rings (SSSR count). The molecule has 1 amide bonds. The summed E-state index contributed by atoms with van der Waals surface area (Å²) in [6.07, 6.45) is 1.70. The van der Waals surface area contributed by atoms with Gasteiger partial charge in [0.25, 0.3) is 0 Å². The van der Waals surface area contributed by atoms with Gasteiger partial charge >= 0.3 is 12.1 Å². The highest BCUT2D eigenvalue weighted by atomic mass is 16.6. The number of hydrazone groups is 1. The number of hydrogen-bond acceptors (Lipinski definition) is 7. The fourth-order valence-electron chi connectivity index (χ4n) is 2.65. The van der Waals surface area contributed by atoms with Crippen LogP contribution in [0.4, 0.5) is 10.5 Å². The number of carbonyl (C=O) groups excluding carboxylic acids is 2. The summed E-state index contributed by atoms with van der Waals surface area (Å²) >= 11 is 0. The van der Waals surface area contributed by atoms with Gasteiger partial charge in [-0.2, -0.15) is 5.10 Å². The van der Waals surface area contributed by atoms with Crippen LogP contribution in [0.2, 0.25) is 0 Å². The molecule has 0 aliphatic carbocycles. The maximum atomic E-state index is 12.1. The number of amides is 1. The van der Waals surface area contributed by atoms with E-state index in [4.69, 9.17) is 9.47 Å². The molecule has 1 aliphatic heterocycles. The Hall–Kier alpha value is -2.61. The first-order valence-electron chi connectivity index (χ1n) is 9.14. The van der Waals surface area contributed by atoms with Crippen LogP contribution in [0.5, 0.6) is 0 Å². The second-order valence-corrected chi connectivity index (χ2v) is 6.64. The summed E-state index contributed by atoms with van der Waals surface area (Å²) in [4.78, 5) is 25.2. The van der Waals surface area contributed by atoms with Crippen LogP contribution in [0, 0.1) is 0 Å². The van der Waals surface area contributed by atoms with Gasteiger partial charge in [-0.3, -0.25) is 5.43 Å². The predicted octanol–water partition coefficient (Wildman–Crippen LogP) is 2.01. The fourth-order valence-corrected chi connectivity index (χ4v) is 2.65. The van der Waals surface area contributed by atoms with E-state index in [1.54, 1.807) is 6.92 Å². The Kier molecular flexibility index (Phi) is 8.06. The topological polar surface area (TPSA) is 92.3 Å². The molecule has 1 fully saturated rings. The second-order valence-electron chi connectivity index (χ2n) is 6.64. The largest absolute Gasteiger partial charge is 0.461 e. The maximum absolute atomic E-state index is 12.1. The zero-order valence-electron chi connectivity index (χ0n) is 16.2. The van der Waals surface area contributed by atoms with Crippen molar-refractivity contribution >= 4 is 23.5 Å². The average Bonchev–Trinajstić information content (AvgIpc) is 3.04. The molecule has 8 heteroatoms. The zero-order valence-corrected chi connectivity index (χ0v) is 16.2. The molecule has 27 heavy (non-hydrogen) atoms. The van der Waals surface area contributed by atoms with Crippen LogP contribution < -0.4 is 10.7 Å². The number of nitrogens with one attached hydrogen (secondary N) is 2. The van der Waals surface area contributed by atoms with Crippen LogP contribution in [-0.4, -0.2) is 62.6 Å². The van der Waals surface area contributed by atoms with Gasteiger partial charge in [0.2, 0.25) is 0 Å². The van der Waals surface area contributed by atoms with Crippen LogP contribution in [0.3, 0.4) is 0 Å². The molecule has 0 unspecified atom stereocenters. The molecular weight excluding hydrogens is 348 g/mol. The van der Waals surface area contributed by atoms with Crippen molar-refractivity contribution in [2.45, 2.75) is 32.2 Å². The lowest BCUT2D eigenvalue weighted by Gasteiger charge is -2.11. The summed E-state index contributed by atoms with van der Waals surface area (Å²) in [7, 11) is 3.98. The average molecular weight is 376 g/mol. The fraction of sp³-hybridized carbons (Fsp3) is 0.526. The lowest BCUT2D eigenvalue weighted by molar-refractivity contribution is -0.135. The van der Waals surface area contributed by atoms with Crippen molar-refractivity contribution < 1.29 is 19.1 Å². The Morgan fingerprint density at radius 1 is 1.37 bits per heavy atom. The lowest BCUT2D eigenvalue weighted by atomic mass is 10.1. The number of rotatable bonds is 10. The van der Waals surface area contributed by atoms with E-state index < -0.39 is 5.97 Å². The van der Waals surface area contributed by atoms with Gasteiger partial charge in [0.1, 0.15) is 12.3 Å². The number of hydrogen-bond donors (Lipinski definition) is 2. The first-order chi connectivity index (χ1) is 13.0. The maximum Gasteiger partial charge on any atom is 0.407 e. The van der Waals surface area contributed by atoms with E-state index in [9.17, 15) is 9.59 Å². The molecular formula is C19H28N4O4. The Labute approximate surface area is 159 Å². The molecule has 0 aromatic heterocycles. The highest BCUT2D eigenvalue weighted by Crippen LogP contribution is 2.13. The number of benzene rings is 1. The van der Waals surface area contributed by atoms with E-state index in [-0.39, 0.29) is 12.1 Å². The van der Waals surface area contributed by atoms with Crippen molar-refractivity contribution in [3.8, 4) is 0 Å². The van der Waals surface area contributed by atoms with Crippen LogP contribution in [0.15, 0.2) is 29.4 Å². The van der Waals surface area contributed by atoms with Gasteiger partial charge in [0.05, 0.1) is 18.3 Å². The smallest absolute Gasteiger partial charge is 0.407 e. The summed E-state index contributed by atoms with van der Waals surface area (Å²) in [6, 6.07) is 7.69. The van der Waals surface area contributed by atoms with Crippen molar-refractivity contribution in [1.82, 2.24) is 10.2 Å². The number of anilines is 1. The minimum Gasteiger partial charge on any atom is -0.461 e. The quantitative estimate of drug-likeness (QED) is 0.369. The molecule has 1 aliphatic rings. The van der Waals surface area contributed by atoms with E-state index in [1.807, 2.05) is 38.4 Å². The summed E-state index contributed by atoms with van der Waals surface area (Å²) in [5.41, 5.74) is 5.17. The number of carbonyl (C=O) groups is 2. The summed E-state index contributed by atoms with van der Waals surface area (Å²) in [5.74, 6) is -0.391. The number of esters is 1. The summed E-state index contributed by atoms with van der Waals surface area (Å²) in [5, 5.41) is 7.00. The monoisotopic (exact) mass is 376 g/mol. The predicted molar refractivity (Wildman–Crippen MR) is 104 cm³/mol. The van der Waals surface area contributed by atoms with Gasteiger partial charge in [0, 0.05) is 6.42 Å². The van der Waals surface area contributed by atoms with E-state index in [1.165, 1.54) is 0 Å². The molecule has 1 heterocycles. The number of cyclic esters (lactones) is 1. The standard InChI is InChI=1S/C19H28N4O4/c1-4-26-18(24)17(6-5-11-23(2)3)22-21-15-9-7-14(8-10-15)12-16-13-27-19(25)20-16/h7-10,16,21H,4-6,11-13H2,1-3H3,(H,20,25)/b22-17-/t16-/m0/s1. The Balaban J connectivity index is 1.92. The first kappa shape index (κ1) is 20.7. The van der Waals surface area contributed by atoms with Crippen molar-refractivity contribution in [2.24, 2.45) is 5.10 Å². The van der Waals surface area contributed by atoms with E-state index >= 15 is 0 Å². The molecule has 0 saturated carbocycles. The van der Waals surface area contributed by atoms with Crippen LogP contribution >= 0.6 is 0 Å². The van der Waals surface area contributed by atoms with Crippen molar-refractivity contribution in [3.05, 3.63) is 29.8 Å². The number of ether oxygens (including phenoxy) is 2. The van der Waals surface area contributed by atoms with Crippen molar-refractivity contribution in [2.75, 3.05) is 39.3 Å². The molecule has 148 valence electrons. The van der Waals surface area contributed by atoms with Gasteiger partial charge in [-0.1, -0.05) is 12.1 Å². The highest BCUT2D eigenvalue weighted by Gasteiger charge is 2.22. The molecule has 1 atom stereocenters. The van der Waals surface area contributed by atoms with E-state index in [0.717, 1.165) is 24.2 Å². The Morgan fingerprint density at radius 3 is 2.70 bits per heavy atom. The third-order valence-corrected chi connectivity index (χ3v) is 4.02. The minimum atomic E-state index is -0.391. The van der Waals surface area contributed by atoms with Gasteiger partial charge in [-0.05, 0) is 58.1 Å². The summed E-state index contributed by atoms with van der Waals surface area (Å²) < 4.78 is 9.97. The normalized spacial score (nSPS) is 16.8. The second kappa shape index (κ2) is 10.5. The first-order valence-corrected chi connectivity index (χ1v) is 9.14. The van der Waals surface area contributed by atoms with Crippen molar-refractivity contribution in [1.29, 1.82) is 0 Å². The number of alkyl carbamates (subject to hydrolysis) is 1. The molecule has 0 spiro atoms. The lowest BCUT2D eigenvalue weighted by Crippen LogP contribution is -2.28.